The second-order valence-electron chi connectivity index (χ2n) is 5.93. The van der Waals surface area contributed by atoms with E-state index in [1.54, 1.807) is 0 Å². The summed E-state index contributed by atoms with van der Waals surface area (Å²) in [5.41, 5.74) is 1.24. The number of nitrogens with one attached hydrogen (secondary N) is 1. The largest absolute Gasteiger partial charge is 0.490 e. The first kappa shape index (κ1) is 13.6. The van der Waals surface area contributed by atoms with Crippen LogP contribution in [0.15, 0.2) is 18.2 Å². The first-order valence-electron chi connectivity index (χ1n) is 7.63. The molecule has 0 aliphatic carbocycles. The van der Waals surface area contributed by atoms with Gasteiger partial charge in [0.05, 0.1) is 13.2 Å². The molecule has 1 aromatic carbocycles. The smallest absolute Gasteiger partial charge is 0.163 e. The number of fused-ring (bicyclic) bond motifs is 1. The monoisotopic (exact) mass is 276 g/mol. The first-order chi connectivity index (χ1) is 9.72. The third-order valence-electron chi connectivity index (χ3n) is 3.85. The van der Waals surface area contributed by atoms with Crippen molar-refractivity contribution in [2.45, 2.75) is 38.8 Å². The molecule has 0 radical (unpaired) electrons. The SMILES string of the molecule is CC(C)NC1CCN(c2ccc3c(c2)OCCCO3)C1. The maximum atomic E-state index is 5.77. The van der Waals surface area contributed by atoms with E-state index in [0.717, 1.165) is 44.2 Å². The van der Waals surface area contributed by atoms with Crippen molar-refractivity contribution in [2.24, 2.45) is 0 Å². The van der Waals surface area contributed by atoms with Gasteiger partial charge in [-0.05, 0) is 18.6 Å². The Balaban J connectivity index is 1.70. The molecule has 1 N–H and O–H groups in total. The second-order valence-corrected chi connectivity index (χ2v) is 5.93. The molecule has 2 aliphatic heterocycles. The summed E-state index contributed by atoms with van der Waals surface area (Å²) >= 11 is 0. The summed E-state index contributed by atoms with van der Waals surface area (Å²) in [5.74, 6) is 1.77. The molecule has 110 valence electrons. The minimum absolute atomic E-state index is 0.545. The van der Waals surface area contributed by atoms with Crippen molar-refractivity contribution in [1.29, 1.82) is 0 Å². The van der Waals surface area contributed by atoms with Crippen LogP contribution in [0.2, 0.25) is 0 Å². The van der Waals surface area contributed by atoms with Crippen LogP contribution in [-0.4, -0.2) is 38.4 Å². The Morgan fingerprint density at radius 1 is 1.20 bits per heavy atom. The van der Waals surface area contributed by atoms with Gasteiger partial charge in [-0.15, -0.1) is 0 Å². The highest BCUT2D eigenvalue weighted by Crippen LogP contribution is 2.34. The van der Waals surface area contributed by atoms with Crippen LogP contribution in [0.4, 0.5) is 5.69 Å². The lowest BCUT2D eigenvalue weighted by Gasteiger charge is -2.21. The maximum Gasteiger partial charge on any atom is 0.163 e. The third-order valence-corrected chi connectivity index (χ3v) is 3.85. The molecule has 1 atom stereocenters. The van der Waals surface area contributed by atoms with Crippen molar-refractivity contribution < 1.29 is 9.47 Å². The van der Waals surface area contributed by atoms with Crippen LogP contribution in [0.5, 0.6) is 11.5 Å². The number of benzene rings is 1. The molecule has 0 spiro atoms. The Morgan fingerprint density at radius 2 is 2.00 bits per heavy atom. The molecule has 2 heterocycles. The van der Waals surface area contributed by atoms with Crippen molar-refractivity contribution in [3.63, 3.8) is 0 Å². The van der Waals surface area contributed by atoms with Gasteiger partial charge in [-0.1, -0.05) is 13.8 Å². The maximum absolute atomic E-state index is 5.77. The van der Waals surface area contributed by atoms with Crippen molar-refractivity contribution in [1.82, 2.24) is 5.32 Å². The van der Waals surface area contributed by atoms with Crippen LogP contribution in [0.1, 0.15) is 26.7 Å². The van der Waals surface area contributed by atoms with Gasteiger partial charge in [0, 0.05) is 43.3 Å². The molecule has 0 aromatic heterocycles. The molecule has 0 bridgehead atoms. The highest BCUT2D eigenvalue weighted by Gasteiger charge is 2.24. The summed E-state index contributed by atoms with van der Waals surface area (Å²) in [6.07, 6.45) is 2.15. The van der Waals surface area contributed by atoms with Gasteiger partial charge in [0.2, 0.25) is 0 Å². The molecule has 2 aliphatic rings. The minimum Gasteiger partial charge on any atom is -0.490 e. The van der Waals surface area contributed by atoms with Gasteiger partial charge in [-0.3, -0.25) is 0 Å². The van der Waals surface area contributed by atoms with E-state index in [1.807, 2.05) is 6.07 Å². The number of hydrogen-bond donors (Lipinski definition) is 1. The van der Waals surface area contributed by atoms with Gasteiger partial charge in [0.1, 0.15) is 0 Å². The fourth-order valence-corrected chi connectivity index (χ4v) is 2.95. The zero-order valence-corrected chi connectivity index (χ0v) is 12.4. The zero-order valence-electron chi connectivity index (χ0n) is 12.4. The molecule has 1 aromatic rings. The number of hydrogen-bond acceptors (Lipinski definition) is 4. The van der Waals surface area contributed by atoms with Crippen LogP contribution in [-0.2, 0) is 0 Å². The highest BCUT2D eigenvalue weighted by molar-refractivity contribution is 5.57. The zero-order chi connectivity index (χ0) is 13.9. The topological polar surface area (TPSA) is 33.7 Å². The lowest BCUT2D eigenvalue weighted by atomic mass is 10.2. The third kappa shape index (κ3) is 3.01. The molecule has 4 nitrogen and oxygen atoms in total. The molecule has 1 unspecified atom stereocenters. The van der Waals surface area contributed by atoms with E-state index in [-0.39, 0.29) is 0 Å². The summed E-state index contributed by atoms with van der Waals surface area (Å²) in [6.45, 7) is 8.07. The molecular formula is C16H24N2O2. The van der Waals surface area contributed by atoms with Crippen LogP contribution < -0.4 is 19.7 Å². The summed E-state index contributed by atoms with van der Waals surface area (Å²) in [5, 5.41) is 3.62. The van der Waals surface area contributed by atoms with Crippen molar-refractivity contribution in [3.8, 4) is 11.5 Å². The number of ether oxygens (including phenoxy) is 2. The van der Waals surface area contributed by atoms with Crippen molar-refractivity contribution in [2.75, 3.05) is 31.2 Å². The van der Waals surface area contributed by atoms with Gasteiger partial charge in [0.15, 0.2) is 11.5 Å². The van der Waals surface area contributed by atoms with Gasteiger partial charge in [-0.25, -0.2) is 0 Å². The Bertz CT molecular complexity index is 462. The number of anilines is 1. The fraction of sp³-hybridized carbons (Fsp3) is 0.625. The van der Waals surface area contributed by atoms with Gasteiger partial charge < -0.3 is 19.7 Å². The Morgan fingerprint density at radius 3 is 2.80 bits per heavy atom. The molecule has 4 heteroatoms. The summed E-state index contributed by atoms with van der Waals surface area (Å²) < 4.78 is 11.5. The van der Waals surface area contributed by atoms with Gasteiger partial charge in [0.25, 0.3) is 0 Å². The molecule has 0 amide bonds. The van der Waals surface area contributed by atoms with Crippen molar-refractivity contribution >= 4 is 5.69 Å². The van der Waals surface area contributed by atoms with Crippen LogP contribution in [0, 0.1) is 0 Å². The van der Waals surface area contributed by atoms with E-state index in [1.165, 1.54) is 12.1 Å². The second kappa shape index (κ2) is 5.92. The number of nitrogens with zero attached hydrogens (tertiary/aromatic N) is 1. The average molecular weight is 276 g/mol. The standard InChI is InChI=1S/C16H24N2O2/c1-12(2)17-13-6-7-18(11-13)14-4-5-15-16(10-14)20-9-3-8-19-15/h4-5,10,12-13,17H,3,6-9,11H2,1-2H3. The van der Waals surface area contributed by atoms with E-state index in [0.29, 0.717) is 12.1 Å². The lowest BCUT2D eigenvalue weighted by Crippen LogP contribution is -2.37. The van der Waals surface area contributed by atoms with E-state index in [2.05, 4.69) is 36.2 Å². The molecule has 1 fully saturated rings. The first-order valence-corrected chi connectivity index (χ1v) is 7.63. The summed E-state index contributed by atoms with van der Waals surface area (Å²) in [7, 11) is 0. The van der Waals surface area contributed by atoms with E-state index >= 15 is 0 Å². The average Bonchev–Trinajstić information content (AvgIpc) is 2.74. The van der Waals surface area contributed by atoms with Crippen LogP contribution >= 0.6 is 0 Å². The predicted octanol–water partition coefficient (Wildman–Crippen LogP) is 2.42. The van der Waals surface area contributed by atoms with E-state index in [9.17, 15) is 0 Å². The normalized spacial score (nSPS) is 22.1. The molecular weight excluding hydrogens is 252 g/mol. The van der Waals surface area contributed by atoms with Crippen LogP contribution in [0.25, 0.3) is 0 Å². The summed E-state index contributed by atoms with van der Waals surface area (Å²) in [6, 6.07) is 7.44. The van der Waals surface area contributed by atoms with E-state index < -0.39 is 0 Å². The molecule has 3 rings (SSSR count). The highest BCUT2D eigenvalue weighted by atomic mass is 16.5. The van der Waals surface area contributed by atoms with Crippen molar-refractivity contribution in [3.05, 3.63) is 18.2 Å². The molecule has 1 saturated heterocycles. The Kier molecular flexibility index (Phi) is 4.01. The minimum atomic E-state index is 0.545. The van der Waals surface area contributed by atoms with Crippen LogP contribution in [0.3, 0.4) is 0 Å². The Hall–Kier alpha value is -1.42. The van der Waals surface area contributed by atoms with Gasteiger partial charge >= 0.3 is 0 Å². The fourth-order valence-electron chi connectivity index (χ4n) is 2.95. The predicted molar refractivity (Wildman–Crippen MR) is 80.9 cm³/mol. The molecule has 0 saturated carbocycles. The quantitative estimate of drug-likeness (QED) is 0.919. The van der Waals surface area contributed by atoms with E-state index in [4.69, 9.17) is 9.47 Å². The molecule has 20 heavy (non-hydrogen) atoms. The summed E-state index contributed by atoms with van der Waals surface area (Å²) in [4.78, 5) is 2.43. The number of rotatable bonds is 3. The lowest BCUT2D eigenvalue weighted by molar-refractivity contribution is 0.297. The van der Waals surface area contributed by atoms with Gasteiger partial charge in [-0.2, -0.15) is 0 Å². The Labute approximate surface area is 121 Å².